The Kier molecular flexibility index (Phi) is 1.90. The van der Waals surface area contributed by atoms with Crippen LogP contribution < -0.4 is 5.46 Å². The van der Waals surface area contributed by atoms with Crippen molar-refractivity contribution in [1.29, 1.82) is 0 Å². The highest BCUT2D eigenvalue weighted by Crippen LogP contribution is 1.93. The zero-order chi connectivity index (χ0) is 6.69. The molecule has 0 aliphatic carbocycles. The molecule has 0 unspecified atom stereocenters. The monoisotopic (exact) mass is 118 g/mol. The maximum atomic E-state index is 8.61. The first-order valence-corrected chi connectivity index (χ1v) is 2.78. The van der Waals surface area contributed by atoms with E-state index in [4.69, 9.17) is 13.0 Å². The van der Waals surface area contributed by atoms with Crippen LogP contribution >= 0.6 is 0 Å². The van der Waals surface area contributed by atoms with Crippen molar-refractivity contribution >= 4 is 13.3 Å². The van der Waals surface area contributed by atoms with Gasteiger partial charge in [0, 0.05) is 0 Å². The number of benzene rings is 1. The molecule has 0 fully saturated rings. The van der Waals surface area contributed by atoms with Crippen LogP contribution in [0.5, 0.6) is 0 Å². The molecule has 0 aliphatic rings. The Hall–Kier alpha value is -0.755. The summed E-state index contributed by atoms with van der Waals surface area (Å²) in [6.45, 7) is 0.0606. The summed E-state index contributed by atoms with van der Waals surface area (Å²) in [7, 11) is 5.42. The van der Waals surface area contributed by atoms with Crippen LogP contribution in [-0.4, -0.2) is 13.0 Å². The van der Waals surface area contributed by atoms with Crippen molar-refractivity contribution in [3.8, 4) is 0 Å². The topological polar surface area (TPSA) is 20.2 Å². The predicted octanol–water partition coefficient (Wildman–Crippen LogP) is -0.0273. The normalized spacial score (nSPS) is 9.44. The quantitative estimate of drug-likeness (QED) is 0.513. The lowest BCUT2D eigenvalue weighted by atomic mass is 9.95. The van der Waals surface area contributed by atoms with Crippen LogP contribution in [0.15, 0.2) is 24.3 Å². The van der Waals surface area contributed by atoms with E-state index in [9.17, 15) is 0 Å². The Morgan fingerprint density at radius 2 is 2.22 bits per heavy atom. The van der Waals surface area contributed by atoms with Crippen molar-refractivity contribution in [2.24, 2.45) is 0 Å². The second-order valence-corrected chi connectivity index (χ2v) is 1.90. The maximum Gasteiger partial charge on any atom is 0.113 e. The summed E-state index contributed by atoms with van der Waals surface area (Å²) >= 11 is 0. The van der Waals surface area contributed by atoms with E-state index in [0.717, 1.165) is 5.56 Å². The van der Waals surface area contributed by atoms with E-state index in [2.05, 4.69) is 0 Å². The molecular weight excluding hydrogens is 111 g/mol. The molecule has 44 valence electrons. The predicted molar refractivity (Wildman–Crippen MR) is 37.8 cm³/mol. The highest BCUT2D eigenvalue weighted by atomic mass is 16.3. The SMILES string of the molecule is [B]c1cccc(CO)c1. The van der Waals surface area contributed by atoms with Crippen molar-refractivity contribution in [3.63, 3.8) is 0 Å². The van der Waals surface area contributed by atoms with E-state index in [1.54, 1.807) is 12.1 Å². The van der Waals surface area contributed by atoms with Gasteiger partial charge in [-0.15, -0.1) is 0 Å². The fourth-order valence-corrected chi connectivity index (χ4v) is 0.691. The number of rotatable bonds is 1. The average molecular weight is 118 g/mol. The second-order valence-electron chi connectivity index (χ2n) is 1.90. The molecule has 1 rings (SSSR count). The molecule has 0 spiro atoms. The van der Waals surface area contributed by atoms with Gasteiger partial charge in [-0.2, -0.15) is 0 Å². The van der Waals surface area contributed by atoms with E-state index in [1.165, 1.54) is 0 Å². The molecule has 0 aliphatic heterocycles. The van der Waals surface area contributed by atoms with Crippen molar-refractivity contribution in [1.82, 2.24) is 0 Å². The van der Waals surface area contributed by atoms with Crippen molar-refractivity contribution in [2.45, 2.75) is 6.61 Å². The van der Waals surface area contributed by atoms with Gasteiger partial charge in [0.2, 0.25) is 0 Å². The van der Waals surface area contributed by atoms with E-state index < -0.39 is 0 Å². The summed E-state index contributed by atoms with van der Waals surface area (Å²) in [6, 6.07) is 7.19. The van der Waals surface area contributed by atoms with Gasteiger partial charge < -0.3 is 5.11 Å². The summed E-state index contributed by atoms with van der Waals surface area (Å²) in [5.41, 5.74) is 1.55. The smallest absolute Gasteiger partial charge is 0.113 e. The molecule has 0 aromatic heterocycles. The van der Waals surface area contributed by atoms with Gasteiger partial charge in [-0.3, -0.25) is 0 Å². The molecule has 0 heterocycles. The Bertz CT molecular complexity index is 198. The van der Waals surface area contributed by atoms with Crippen LogP contribution in [-0.2, 0) is 6.61 Å². The van der Waals surface area contributed by atoms with Gasteiger partial charge in [0.25, 0.3) is 0 Å². The molecule has 0 atom stereocenters. The van der Waals surface area contributed by atoms with Gasteiger partial charge in [0.05, 0.1) is 6.61 Å². The molecule has 1 nitrogen and oxygen atoms in total. The molecule has 0 amide bonds. The standard InChI is InChI=1S/C7H7BO/c8-7-3-1-2-6(4-7)5-9/h1-4,9H,5H2. The summed E-state index contributed by atoms with van der Waals surface area (Å²) in [4.78, 5) is 0. The molecule has 0 saturated heterocycles. The lowest BCUT2D eigenvalue weighted by Gasteiger charge is -1.95. The molecule has 1 N–H and O–H groups in total. The van der Waals surface area contributed by atoms with Crippen LogP contribution in [0.1, 0.15) is 5.56 Å². The van der Waals surface area contributed by atoms with Crippen LogP contribution in [0.25, 0.3) is 0 Å². The molecule has 1 aromatic carbocycles. The zero-order valence-corrected chi connectivity index (χ0v) is 5.04. The summed E-state index contributed by atoms with van der Waals surface area (Å²) < 4.78 is 0. The lowest BCUT2D eigenvalue weighted by Crippen LogP contribution is -2.01. The molecular formula is C7H7BO. The largest absolute Gasteiger partial charge is 0.392 e. The minimum absolute atomic E-state index is 0.0606. The third-order valence-electron chi connectivity index (χ3n) is 1.13. The fraction of sp³-hybridized carbons (Fsp3) is 0.143. The van der Waals surface area contributed by atoms with Crippen LogP contribution in [0, 0.1) is 0 Å². The molecule has 0 saturated carbocycles. The molecule has 1 aromatic rings. The first-order valence-electron chi connectivity index (χ1n) is 2.78. The molecule has 2 heteroatoms. The summed E-state index contributed by atoms with van der Waals surface area (Å²) in [6.07, 6.45) is 0. The first kappa shape index (κ1) is 6.37. The Labute approximate surface area is 55.7 Å². The van der Waals surface area contributed by atoms with Crippen molar-refractivity contribution in [3.05, 3.63) is 29.8 Å². The van der Waals surface area contributed by atoms with Crippen LogP contribution in [0.4, 0.5) is 0 Å². The minimum atomic E-state index is 0.0606. The van der Waals surface area contributed by atoms with Crippen LogP contribution in [0.3, 0.4) is 0 Å². The van der Waals surface area contributed by atoms with Gasteiger partial charge in [-0.25, -0.2) is 0 Å². The zero-order valence-electron chi connectivity index (χ0n) is 5.04. The third-order valence-corrected chi connectivity index (χ3v) is 1.13. The van der Waals surface area contributed by atoms with E-state index in [1.807, 2.05) is 12.1 Å². The van der Waals surface area contributed by atoms with Gasteiger partial charge in [0.1, 0.15) is 7.85 Å². The minimum Gasteiger partial charge on any atom is -0.392 e. The van der Waals surface area contributed by atoms with Crippen LogP contribution in [0.2, 0.25) is 0 Å². The fourth-order valence-electron chi connectivity index (χ4n) is 0.691. The van der Waals surface area contributed by atoms with Crippen molar-refractivity contribution in [2.75, 3.05) is 0 Å². The average Bonchev–Trinajstić information content (AvgIpc) is 1.88. The van der Waals surface area contributed by atoms with E-state index >= 15 is 0 Å². The molecule has 2 radical (unpaired) electrons. The number of hydrogen-bond donors (Lipinski definition) is 1. The Morgan fingerprint density at radius 3 is 2.67 bits per heavy atom. The van der Waals surface area contributed by atoms with E-state index in [0.29, 0.717) is 5.46 Å². The third kappa shape index (κ3) is 1.58. The van der Waals surface area contributed by atoms with Crippen molar-refractivity contribution < 1.29 is 5.11 Å². The van der Waals surface area contributed by atoms with Gasteiger partial charge in [-0.05, 0) is 5.56 Å². The number of aliphatic hydroxyl groups excluding tert-OH is 1. The Morgan fingerprint density at radius 1 is 1.44 bits per heavy atom. The van der Waals surface area contributed by atoms with E-state index in [-0.39, 0.29) is 6.61 Å². The lowest BCUT2D eigenvalue weighted by molar-refractivity contribution is 0.282. The number of hydrogen-bond acceptors (Lipinski definition) is 1. The first-order chi connectivity index (χ1) is 4.33. The molecule has 9 heavy (non-hydrogen) atoms. The number of aliphatic hydroxyl groups is 1. The summed E-state index contributed by atoms with van der Waals surface area (Å²) in [5.74, 6) is 0. The highest BCUT2D eigenvalue weighted by molar-refractivity contribution is 6.32. The second kappa shape index (κ2) is 2.69. The van der Waals surface area contributed by atoms with Gasteiger partial charge >= 0.3 is 0 Å². The van der Waals surface area contributed by atoms with Gasteiger partial charge in [0.15, 0.2) is 0 Å². The maximum absolute atomic E-state index is 8.61. The molecule has 0 bridgehead atoms. The van der Waals surface area contributed by atoms with Gasteiger partial charge in [-0.1, -0.05) is 29.7 Å². The Balaban J connectivity index is 2.94. The highest BCUT2D eigenvalue weighted by Gasteiger charge is 1.86. The summed E-state index contributed by atoms with van der Waals surface area (Å²) in [5, 5.41) is 8.61.